The molecule has 0 saturated carbocycles. The number of hydrogen-bond acceptors (Lipinski definition) is 8. The fourth-order valence-electron chi connectivity index (χ4n) is 7.92. The summed E-state index contributed by atoms with van der Waals surface area (Å²) >= 11 is 0. The molecule has 7 rings (SSSR count). The molecule has 0 bridgehead atoms. The molecule has 0 aliphatic carbocycles. The highest BCUT2D eigenvalue weighted by atomic mass is 16.5. The van der Waals surface area contributed by atoms with E-state index in [4.69, 9.17) is 19.2 Å². The van der Waals surface area contributed by atoms with E-state index in [2.05, 4.69) is 74.4 Å². The van der Waals surface area contributed by atoms with Crippen molar-refractivity contribution >= 4 is 22.9 Å². The van der Waals surface area contributed by atoms with E-state index >= 15 is 0 Å². The normalized spacial score (nSPS) is 18.5. The number of rotatable bonds is 12. The maximum Gasteiger partial charge on any atom is 0.254 e. The first-order chi connectivity index (χ1) is 25.0. The van der Waals surface area contributed by atoms with Gasteiger partial charge in [-0.15, -0.1) is 0 Å². The Labute approximate surface area is 300 Å². The standard InChI is InChI=1S/C41H48N6O4/c1-49-36-26-30(27-37(50-2)38(36)51-3)39(48)46-22-11-19-41(29-46,31-12-5-4-6-13-31)20-25-45-23-17-32(18-24-45)43-40-44-34-15-7-8-16-35(34)47(40)28-33-14-9-10-21-42-33/h4-10,12-16,21,26-27,32H,11,17-20,22-25,28-29H2,1-3H3,(H,43,44). The van der Waals surface area contributed by atoms with Crippen molar-refractivity contribution in [2.75, 3.05) is 59.4 Å². The number of methoxy groups -OCH3 is 3. The first-order valence-corrected chi connectivity index (χ1v) is 18.0. The number of imidazole rings is 1. The number of piperidine rings is 2. The second kappa shape index (κ2) is 15.4. The van der Waals surface area contributed by atoms with Gasteiger partial charge in [0.05, 0.1) is 44.6 Å². The molecule has 1 atom stereocenters. The van der Waals surface area contributed by atoms with Crippen molar-refractivity contribution in [2.24, 2.45) is 0 Å². The Bertz CT molecular complexity index is 1900. The number of ether oxygens (including phenoxy) is 3. The van der Waals surface area contributed by atoms with Gasteiger partial charge in [-0.25, -0.2) is 4.98 Å². The average molecular weight is 689 g/mol. The van der Waals surface area contributed by atoms with Gasteiger partial charge >= 0.3 is 0 Å². The minimum atomic E-state index is -0.138. The summed E-state index contributed by atoms with van der Waals surface area (Å²) in [5.74, 6) is 2.33. The van der Waals surface area contributed by atoms with Gasteiger partial charge in [0.15, 0.2) is 11.5 Å². The summed E-state index contributed by atoms with van der Waals surface area (Å²) < 4.78 is 18.9. The van der Waals surface area contributed by atoms with Crippen LogP contribution in [0.15, 0.2) is 91.1 Å². The van der Waals surface area contributed by atoms with Gasteiger partial charge in [0.1, 0.15) is 0 Å². The van der Waals surface area contributed by atoms with Gasteiger partial charge in [-0.3, -0.25) is 9.78 Å². The largest absolute Gasteiger partial charge is 0.493 e. The number of aromatic nitrogens is 3. The number of carbonyl (C=O) groups is 1. The van der Waals surface area contributed by atoms with E-state index in [1.54, 1.807) is 33.5 Å². The molecule has 0 spiro atoms. The van der Waals surface area contributed by atoms with E-state index in [-0.39, 0.29) is 11.3 Å². The Morgan fingerprint density at radius 2 is 1.61 bits per heavy atom. The highest BCUT2D eigenvalue weighted by Crippen LogP contribution is 2.41. The third-order valence-electron chi connectivity index (χ3n) is 10.7. The van der Waals surface area contributed by atoms with Crippen LogP contribution in [0.2, 0.25) is 0 Å². The quantitative estimate of drug-likeness (QED) is 0.156. The van der Waals surface area contributed by atoms with Crippen LogP contribution >= 0.6 is 0 Å². The summed E-state index contributed by atoms with van der Waals surface area (Å²) in [6.45, 7) is 5.05. The number of nitrogens with one attached hydrogen (secondary N) is 1. The van der Waals surface area contributed by atoms with Crippen LogP contribution in [-0.4, -0.2) is 90.3 Å². The van der Waals surface area contributed by atoms with E-state index < -0.39 is 0 Å². The molecule has 0 radical (unpaired) electrons. The Morgan fingerprint density at radius 1 is 0.882 bits per heavy atom. The molecule has 3 aromatic carbocycles. The molecule has 4 heterocycles. The number of nitrogens with zero attached hydrogens (tertiary/aromatic N) is 5. The molecule has 1 amide bonds. The van der Waals surface area contributed by atoms with Crippen LogP contribution in [-0.2, 0) is 12.0 Å². The van der Waals surface area contributed by atoms with Crippen LogP contribution < -0.4 is 19.5 Å². The SMILES string of the molecule is COc1cc(C(=O)N2CCCC(CCN3CCC(Nc4nc5ccccc5n4Cc4ccccn4)CC3)(c3ccccc3)C2)cc(OC)c1OC. The summed E-state index contributed by atoms with van der Waals surface area (Å²) in [6.07, 6.45) is 6.89. The number of likely N-dealkylation sites (tertiary alicyclic amines) is 2. The molecule has 51 heavy (non-hydrogen) atoms. The van der Waals surface area contributed by atoms with Gasteiger partial charge in [0, 0.05) is 49.4 Å². The average Bonchev–Trinajstić information content (AvgIpc) is 3.53. The Balaban J connectivity index is 1.03. The molecule has 2 fully saturated rings. The summed E-state index contributed by atoms with van der Waals surface area (Å²) in [5, 5.41) is 3.80. The second-order valence-electron chi connectivity index (χ2n) is 13.7. The van der Waals surface area contributed by atoms with Crippen LogP contribution in [0.5, 0.6) is 17.2 Å². The van der Waals surface area contributed by atoms with Crippen LogP contribution in [0.4, 0.5) is 5.95 Å². The lowest BCUT2D eigenvalue weighted by atomic mass is 9.71. The molecule has 2 aromatic heterocycles. The Morgan fingerprint density at radius 3 is 2.31 bits per heavy atom. The molecule has 2 saturated heterocycles. The summed E-state index contributed by atoms with van der Waals surface area (Å²) in [4.78, 5) is 28.3. The highest BCUT2D eigenvalue weighted by Gasteiger charge is 2.39. The maximum absolute atomic E-state index is 14.1. The van der Waals surface area contributed by atoms with Gasteiger partial charge in [0.2, 0.25) is 11.7 Å². The first-order valence-electron chi connectivity index (χ1n) is 18.0. The monoisotopic (exact) mass is 688 g/mol. The highest BCUT2D eigenvalue weighted by molar-refractivity contribution is 5.96. The number of fused-ring (bicyclic) bond motifs is 1. The number of carbonyl (C=O) groups excluding carboxylic acids is 1. The Kier molecular flexibility index (Phi) is 10.4. The molecule has 2 aliphatic rings. The van der Waals surface area contributed by atoms with Gasteiger partial charge in [0.25, 0.3) is 5.91 Å². The molecule has 1 N–H and O–H groups in total. The summed E-state index contributed by atoms with van der Waals surface area (Å²) in [7, 11) is 4.72. The molecular weight excluding hydrogens is 640 g/mol. The van der Waals surface area contributed by atoms with Crippen LogP contribution in [0.25, 0.3) is 11.0 Å². The zero-order valence-corrected chi connectivity index (χ0v) is 29.9. The van der Waals surface area contributed by atoms with E-state index in [1.165, 1.54) is 5.56 Å². The zero-order valence-electron chi connectivity index (χ0n) is 29.9. The summed E-state index contributed by atoms with van der Waals surface area (Å²) in [6, 6.07) is 29.0. The van der Waals surface area contributed by atoms with E-state index in [0.29, 0.717) is 48.5 Å². The predicted molar refractivity (Wildman–Crippen MR) is 200 cm³/mol. The molecule has 1 unspecified atom stereocenters. The van der Waals surface area contributed by atoms with Crippen molar-refractivity contribution in [3.63, 3.8) is 0 Å². The van der Waals surface area contributed by atoms with Gasteiger partial charge in [-0.2, -0.15) is 0 Å². The predicted octanol–water partition coefficient (Wildman–Crippen LogP) is 6.65. The van der Waals surface area contributed by atoms with Crippen molar-refractivity contribution in [3.05, 3.63) is 108 Å². The van der Waals surface area contributed by atoms with Crippen LogP contribution in [0, 0.1) is 0 Å². The number of anilines is 1. The van der Waals surface area contributed by atoms with Crippen LogP contribution in [0.1, 0.15) is 53.7 Å². The number of hydrogen-bond donors (Lipinski definition) is 1. The van der Waals surface area contributed by atoms with Gasteiger partial charge < -0.3 is 33.9 Å². The van der Waals surface area contributed by atoms with Gasteiger partial charge in [-0.05, 0) is 80.6 Å². The van der Waals surface area contributed by atoms with E-state index in [1.807, 2.05) is 29.3 Å². The third-order valence-corrected chi connectivity index (χ3v) is 10.7. The minimum absolute atomic E-state index is 0.0183. The molecule has 10 heteroatoms. The summed E-state index contributed by atoms with van der Waals surface area (Å²) in [5.41, 5.74) is 4.82. The number of benzene rings is 3. The maximum atomic E-state index is 14.1. The molecule has 10 nitrogen and oxygen atoms in total. The smallest absolute Gasteiger partial charge is 0.254 e. The molecular formula is C41H48N6O4. The Hall–Kier alpha value is -5.09. The van der Waals surface area contributed by atoms with Crippen molar-refractivity contribution in [2.45, 2.75) is 50.1 Å². The third kappa shape index (κ3) is 7.37. The molecule has 2 aliphatic heterocycles. The zero-order chi connectivity index (χ0) is 35.2. The lowest BCUT2D eigenvalue weighted by molar-refractivity contribution is 0.0606. The van der Waals surface area contributed by atoms with Crippen molar-refractivity contribution in [1.82, 2.24) is 24.3 Å². The van der Waals surface area contributed by atoms with Crippen molar-refractivity contribution in [3.8, 4) is 17.2 Å². The molecule has 266 valence electrons. The fourth-order valence-corrected chi connectivity index (χ4v) is 7.92. The fraction of sp³-hybridized carbons (Fsp3) is 0.390. The number of amides is 1. The number of pyridine rings is 1. The van der Waals surface area contributed by atoms with E-state index in [0.717, 1.165) is 74.4 Å². The van der Waals surface area contributed by atoms with Crippen molar-refractivity contribution in [1.29, 1.82) is 0 Å². The van der Waals surface area contributed by atoms with Crippen molar-refractivity contribution < 1.29 is 19.0 Å². The second-order valence-corrected chi connectivity index (χ2v) is 13.7. The first kappa shape index (κ1) is 34.4. The number of para-hydroxylation sites is 2. The van der Waals surface area contributed by atoms with Gasteiger partial charge in [-0.1, -0.05) is 48.5 Å². The van der Waals surface area contributed by atoms with E-state index in [9.17, 15) is 4.79 Å². The topological polar surface area (TPSA) is 94.0 Å². The lowest BCUT2D eigenvalue weighted by Crippen LogP contribution is -2.50. The minimum Gasteiger partial charge on any atom is -0.493 e. The van der Waals surface area contributed by atoms with Crippen LogP contribution in [0.3, 0.4) is 0 Å². The molecule has 5 aromatic rings. The lowest BCUT2D eigenvalue weighted by Gasteiger charge is -2.45.